The van der Waals surface area contributed by atoms with E-state index in [0.717, 1.165) is 10.1 Å². The van der Waals surface area contributed by atoms with Gasteiger partial charge in [-0.05, 0) is 31.0 Å². The monoisotopic (exact) mass is 249 g/mol. The second-order valence-electron chi connectivity index (χ2n) is 3.45. The van der Waals surface area contributed by atoms with Gasteiger partial charge in [-0.15, -0.1) is 5.10 Å². The van der Waals surface area contributed by atoms with Gasteiger partial charge in [0.1, 0.15) is 5.15 Å². The molecule has 0 unspecified atom stereocenters. The highest BCUT2D eigenvalue weighted by Gasteiger charge is 2.36. The number of alkyl halides is 3. The Morgan fingerprint density at radius 3 is 2.50 bits per heavy atom. The van der Waals surface area contributed by atoms with E-state index in [2.05, 4.69) is 10.1 Å². The Kier molecular flexibility index (Phi) is 2.34. The summed E-state index contributed by atoms with van der Waals surface area (Å²) >= 11 is 5.89. The van der Waals surface area contributed by atoms with E-state index >= 15 is 0 Å². The summed E-state index contributed by atoms with van der Waals surface area (Å²) in [5.41, 5.74) is 1.56. The van der Waals surface area contributed by atoms with Crippen LogP contribution in [0, 0.1) is 13.8 Å². The molecule has 2 aromatic rings. The number of hydrogen-bond donors (Lipinski definition) is 0. The molecular weight excluding hydrogens is 243 g/mol. The lowest BCUT2D eigenvalue weighted by Crippen LogP contribution is -2.07. The van der Waals surface area contributed by atoms with Crippen molar-refractivity contribution >= 4 is 17.2 Å². The van der Waals surface area contributed by atoms with Gasteiger partial charge in [-0.25, -0.2) is 9.50 Å². The summed E-state index contributed by atoms with van der Waals surface area (Å²) in [6.45, 7) is 3.47. The Bertz CT molecular complexity index is 559. The minimum absolute atomic E-state index is 0.0976. The van der Waals surface area contributed by atoms with Crippen LogP contribution in [0.5, 0.6) is 0 Å². The average Bonchev–Trinajstić information content (AvgIpc) is 2.57. The van der Waals surface area contributed by atoms with Crippen molar-refractivity contribution in [2.45, 2.75) is 20.0 Å². The second-order valence-corrected chi connectivity index (χ2v) is 3.80. The number of aromatic nitrogens is 3. The van der Waals surface area contributed by atoms with Crippen molar-refractivity contribution < 1.29 is 13.2 Å². The Balaban J connectivity index is 2.77. The third-order valence-electron chi connectivity index (χ3n) is 2.32. The first-order valence-electron chi connectivity index (χ1n) is 4.40. The van der Waals surface area contributed by atoms with Gasteiger partial charge < -0.3 is 0 Å². The van der Waals surface area contributed by atoms with E-state index in [9.17, 15) is 13.2 Å². The van der Waals surface area contributed by atoms with Crippen molar-refractivity contribution in [2.75, 3.05) is 0 Å². The number of nitrogens with zero attached hydrogens (tertiary/aromatic N) is 3. The lowest BCUT2D eigenvalue weighted by Gasteiger charge is -2.03. The fourth-order valence-electron chi connectivity index (χ4n) is 1.31. The zero-order valence-electron chi connectivity index (χ0n) is 8.43. The molecule has 0 saturated heterocycles. The predicted molar refractivity (Wildman–Crippen MR) is 52.5 cm³/mol. The van der Waals surface area contributed by atoms with E-state index < -0.39 is 12.0 Å². The molecular formula is C9H7ClF3N3. The molecule has 86 valence electrons. The summed E-state index contributed by atoms with van der Waals surface area (Å²) in [6, 6.07) is 1.52. The lowest BCUT2D eigenvalue weighted by molar-refractivity contribution is -0.144. The van der Waals surface area contributed by atoms with Crippen molar-refractivity contribution in [2.24, 2.45) is 0 Å². The second kappa shape index (κ2) is 3.35. The van der Waals surface area contributed by atoms with E-state index in [1.807, 2.05) is 0 Å². The van der Waals surface area contributed by atoms with Gasteiger partial charge in [0.05, 0.1) is 0 Å². The molecule has 7 heteroatoms. The van der Waals surface area contributed by atoms with Crippen molar-refractivity contribution in [1.29, 1.82) is 0 Å². The van der Waals surface area contributed by atoms with E-state index in [4.69, 9.17) is 11.6 Å². The zero-order chi connectivity index (χ0) is 12.1. The molecule has 2 rings (SSSR count). The molecule has 2 aromatic heterocycles. The Hall–Kier alpha value is -1.30. The highest BCUT2D eigenvalue weighted by atomic mass is 35.5. The van der Waals surface area contributed by atoms with Gasteiger partial charge in [-0.1, -0.05) is 11.6 Å². The highest BCUT2D eigenvalue weighted by Crippen LogP contribution is 2.28. The molecule has 0 N–H and O–H groups in total. The first kappa shape index (κ1) is 11.2. The van der Waals surface area contributed by atoms with Crippen LogP contribution in [0.4, 0.5) is 13.2 Å². The number of hydrogen-bond acceptors (Lipinski definition) is 2. The van der Waals surface area contributed by atoms with E-state index in [-0.39, 0.29) is 10.8 Å². The van der Waals surface area contributed by atoms with Gasteiger partial charge in [0.25, 0.3) is 5.82 Å². The van der Waals surface area contributed by atoms with E-state index in [0.29, 0.717) is 5.56 Å². The van der Waals surface area contributed by atoms with Crippen LogP contribution in [0.25, 0.3) is 5.65 Å². The summed E-state index contributed by atoms with van der Waals surface area (Å²) in [5.74, 6) is -1.18. The average molecular weight is 250 g/mol. The number of halogens is 4. The number of pyridine rings is 1. The summed E-state index contributed by atoms with van der Waals surface area (Å²) in [6.07, 6.45) is -4.56. The molecule has 3 nitrogen and oxygen atoms in total. The van der Waals surface area contributed by atoms with Gasteiger partial charge in [-0.3, -0.25) is 0 Å². The fourth-order valence-corrected chi connectivity index (χ4v) is 1.58. The largest absolute Gasteiger partial charge is 0.453 e. The molecule has 0 aromatic carbocycles. The topological polar surface area (TPSA) is 30.2 Å². The molecule has 0 saturated carbocycles. The molecule has 0 fully saturated rings. The van der Waals surface area contributed by atoms with Crippen LogP contribution in [-0.2, 0) is 6.18 Å². The van der Waals surface area contributed by atoms with Crippen LogP contribution < -0.4 is 0 Å². The Morgan fingerprint density at radius 2 is 1.94 bits per heavy atom. The minimum Gasteiger partial charge on any atom is -0.203 e. The first-order valence-corrected chi connectivity index (χ1v) is 4.78. The van der Waals surface area contributed by atoms with Crippen molar-refractivity contribution in [1.82, 2.24) is 14.6 Å². The number of rotatable bonds is 0. The fraction of sp³-hybridized carbons (Fsp3) is 0.333. The summed E-state index contributed by atoms with van der Waals surface area (Å²) in [5, 5.41) is 3.49. The summed E-state index contributed by atoms with van der Waals surface area (Å²) < 4.78 is 38.1. The van der Waals surface area contributed by atoms with Gasteiger partial charge >= 0.3 is 6.18 Å². The first-order chi connectivity index (χ1) is 7.30. The standard InChI is InChI=1S/C9H7ClF3N3/c1-4-3-6-14-8(9(11,12)13)15-16(6)7(10)5(4)2/h3H,1-2H3. The van der Waals surface area contributed by atoms with E-state index in [1.54, 1.807) is 13.8 Å². The van der Waals surface area contributed by atoms with Gasteiger partial charge in [-0.2, -0.15) is 13.2 Å². The predicted octanol–water partition coefficient (Wildman–Crippen LogP) is 3.02. The van der Waals surface area contributed by atoms with Crippen molar-refractivity contribution in [3.8, 4) is 0 Å². The molecule has 0 aliphatic carbocycles. The van der Waals surface area contributed by atoms with Gasteiger partial charge in [0, 0.05) is 0 Å². The smallest absolute Gasteiger partial charge is 0.203 e. The van der Waals surface area contributed by atoms with Crippen LogP contribution in [-0.4, -0.2) is 14.6 Å². The third-order valence-corrected chi connectivity index (χ3v) is 2.76. The van der Waals surface area contributed by atoms with Crippen LogP contribution >= 0.6 is 11.6 Å². The quantitative estimate of drug-likeness (QED) is 0.672. The molecule has 0 spiro atoms. The molecule has 0 aliphatic rings. The maximum atomic E-state index is 12.4. The SMILES string of the molecule is Cc1cc2nc(C(F)(F)F)nn2c(Cl)c1C. The van der Waals surface area contributed by atoms with Crippen LogP contribution in [0.2, 0.25) is 5.15 Å². The van der Waals surface area contributed by atoms with Crippen LogP contribution in [0.15, 0.2) is 6.07 Å². The van der Waals surface area contributed by atoms with Crippen molar-refractivity contribution in [3.63, 3.8) is 0 Å². The lowest BCUT2D eigenvalue weighted by atomic mass is 10.2. The maximum Gasteiger partial charge on any atom is 0.453 e. The summed E-state index contributed by atoms with van der Waals surface area (Å²) in [7, 11) is 0. The molecule has 2 heterocycles. The molecule has 0 atom stereocenters. The third kappa shape index (κ3) is 1.63. The van der Waals surface area contributed by atoms with Crippen molar-refractivity contribution in [3.05, 3.63) is 28.2 Å². The van der Waals surface area contributed by atoms with Crippen LogP contribution in [0.1, 0.15) is 17.0 Å². The maximum absolute atomic E-state index is 12.4. The zero-order valence-corrected chi connectivity index (χ0v) is 9.19. The molecule has 0 aliphatic heterocycles. The Morgan fingerprint density at radius 1 is 1.31 bits per heavy atom. The molecule has 16 heavy (non-hydrogen) atoms. The van der Waals surface area contributed by atoms with Gasteiger partial charge in [0.15, 0.2) is 5.65 Å². The summed E-state index contributed by atoms with van der Waals surface area (Å²) in [4.78, 5) is 3.39. The highest BCUT2D eigenvalue weighted by molar-refractivity contribution is 6.30. The molecule has 0 radical (unpaired) electrons. The minimum atomic E-state index is -4.56. The normalized spacial score (nSPS) is 12.4. The number of aryl methyl sites for hydroxylation is 1. The Labute approximate surface area is 93.9 Å². The van der Waals surface area contributed by atoms with Gasteiger partial charge in [0.2, 0.25) is 0 Å². The molecule has 0 amide bonds. The van der Waals surface area contributed by atoms with Crippen LogP contribution in [0.3, 0.4) is 0 Å². The van der Waals surface area contributed by atoms with E-state index in [1.165, 1.54) is 6.07 Å². The molecule has 0 bridgehead atoms. The number of fused-ring (bicyclic) bond motifs is 1.